The van der Waals surface area contributed by atoms with E-state index in [2.05, 4.69) is 15.5 Å². The lowest BCUT2D eigenvalue weighted by Gasteiger charge is -2.31. The highest BCUT2D eigenvalue weighted by Gasteiger charge is 2.31. The molecule has 0 bridgehead atoms. The number of carbonyl (C=O) groups is 2. The molecule has 2 heterocycles. The molecular formula is C9H12N4O3. The van der Waals surface area contributed by atoms with Gasteiger partial charge in [-0.1, -0.05) is 5.16 Å². The van der Waals surface area contributed by atoms with Crippen LogP contribution in [0.5, 0.6) is 0 Å². The molecule has 1 unspecified atom stereocenters. The summed E-state index contributed by atoms with van der Waals surface area (Å²) in [4.78, 5) is 28.4. The van der Waals surface area contributed by atoms with Gasteiger partial charge in [0.05, 0.1) is 6.54 Å². The summed E-state index contributed by atoms with van der Waals surface area (Å²) in [6.45, 7) is 3.56. The highest BCUT2D eigenvalue weighted by molar-refractivity contribution is 5.94. The van der Waals surface area contributed by atoms with Gasteiger partial charge in [0.25, 0.3) is 0 Å². The second-order valence-corrected chi connectivity index (χ2v) is 3.65. The molecule has 2 rings (SSSR count). The monoisotopic (exact) mass is 224 g/mol. The molecule has 0 aromatic carbocycles. The summed E-state index contributed by atoms with van der Waals surface area (Å²) in [7, 11) is 0. The average molecular weight is 224 g/mol. The first-order valence-electron chi connectivity index (χ1n) is 4.94. The topological polar surface area (TPSA) is 88.3 Å². The summed E-state index contributed by atoms with van der Waals surface area (Å²) in [5.74, 6) is 0.530. The molecule has 1 atom stereocenters. The van der Waals surface area contributed by atoms with Crippen molar-refractivity contribution in [2.45, 2.75) is 26.4 Å². The third kappa shape index (κ3) is 1.88. The van der Waals surface area contributed by atoms with Gasteiger partial charge in [0, 0.05) is 0 Å². The predicted octanol–water partition coefficient (Wildman–Crippen LogP) is -0.775. The highest BCUT2D eigenvalue weighted by atomic mass is 16.5. The first-order valence-corrected chi connectivity index (χ1v) is 4.94. The maximum Gasteiger partial charge on any atom is 0.246 e. The van der Waals surface area contributed by atoms with Gasteiger partial charge in [0.15, 0.2) is 5.82 Å². The summed E-state index contributed by atoms with van der Waals surface area (Å²) in [6.07, 6.45) is 0. The van der Waals surface area contributed by atoms with Crippen molar-refractivity contribution in [3.8, 4) is 0 Å². The van der Waals surface area contributed by atoms with E-state index in [0.717, 1.165) is 0 Å². The zero-order chi connectivity index (χ0) is 11.7. The fourth-order valence-corrected chi connectivity index (χ4v) is 1.54. The Bertz CT molecular complexity index is 428. The Morgan fingerprint density at radius 1 is 1.56 bits per heavy atom. The Hall–Kier alpha value is -1.92. The third-order valence-electron chi connectivity index (χ3n) is 2.46. The quantitative estimate of drug-likeness (QED) is 0.712. The highest BCUT2D eigenvalue weighted by Crippen LogP contribution is 2.10. The molecule has 1 aliphatic heterocycles. The Labute approximate surface area is 91.8 Å². The maximum atomic E-state index is 11.6. The van der Waals surface area contributed by atoms with Crippen LogP contribution in [-0.2, 0) is 16.1 Å². The van der Waals surface area contributed by atoms with E-state index in [0.29, 0.717) is 11.7 Å². The summed E-state index contributed by atoms with van der Waals surface area (Å²) >= 11 is 0. The molecule has 1 aromatic heterocycles. The van der Waals surface area contributed by atoms with Crippen LogP contribution < -0.4 is 5.32 Å². The molecule has 0 saturated carbocycles. The van der Waals surface area contributed by atoms with E-state index >= 15 is 0 Å². The lowest BCUT2D eigenvalue weighted by Crippen LogP contribution is -2.56. The van der Waals surface area contributed by atoms with Gasteiger partial charge in [-0.25, -0.2) is 0 Å². The normalized spacial score (nSPS) is 21.1. The third-order valence-corrected chi connectivity index (χ3v) is 2.46. The van der Waals surface area contributed by atoms with E-state index in [4.69, 9.17) is 4.52 Å². The van der Waals surface area contributed by atoms with Gasteiger partial charge in [0.1, 0.15) is 12.6 Å². The average Bonchev–Trinajstić information content (AvgIpc) is 2.65. The van der Waals surface area contributed by atoms with Crippen LogP contribution in [0.25, 0.3) is 0 Å². The molecule has 1 aromatic rings. The van der Waals surface area contributed by atoms with E-state index in [9.17, 15) is 9.59 Å². The molecule has 7 nitrogen and oxygen atoms in total. The SMILES string of the molecule is Cc1noc(CN2C(=O)CNC(=O)C2C)n1. The van der Waals surface area contributed by atoms with Crippen LogP contribution in [0.2, 0.25) is 0 Å². The smallest absolute Gasteiger partial charge is 0.246 e. The van der Waals surface area contributed by atoms with E-state index in [-0.39, 0.29) is 24.9 Å². The Morgan fingerprint density at radius 2 is 2.31 bits per heavy atom. The molecule has 1 N–H and O–H groups in total. The molecule has 2 amide bonds. The van der Waals surface area contributed by atoms with Crippen LogP contribution in [0, 0.1) is 6.92 Å². The number of nitrogens with zero attached hydrogens (tertiary/aromatic N) is 3. The lowest BCUT2D eigenvalue weighted by molar-refractivity contribution is -0.145. The molecule has 1 saturated heterocycles. The fraction of sp³-hybridized carbons (Fsp3) is 0.556. The van der Waals surface area contributed by atoms with Crippen molar-refractivity contribution in [3.05, 3.63) is 11.7 Å². The van der Waals surface area contributed by atoms with Crippen LogP contribution in [0.15, 0.2) is 4.52 Å². The van der Waals surface area contributed by atoms with Crippen molar-refractivity contribution in [1.82, 2.24) is 20.4 Å². The molecule has 7 heteroatoms. The Balaban J connectivity index is 2.12. The molecule has 0 aliphatic carbocycles. The standard InChI is InChI=1S/C9H12N4O3/c1-5-9(15)10-3-8(14)13(5)4-7-11-6(2)12-16-7/h5H,3-4H2,1-2H3,(H,10,15). The summed E-state index contributed by atoms with van der Waals surface area (Å²) in [6, 6.07) is -0.506. The largest absolute Gasteiger partial charge is 0.345 e. The van der Waals surface area contributed by atoms with Crippen molar-refractivity contribution >= 4 is 11.8 Å². The summed E-state index contributed by atoms with van der Waals surface area (Å²) < 4.78 is 4.91. The van der Waals surface area contributed by atoms with Crippen molar-refractivity contribution in [3.63, 3.8) is 0 Å². The first-order chi connectivity index (χ1) is 7.58. The van der Waals surface area contributed by atoms with Crippen LogP contribution >= 0.6 is 0 Å². The second-order valence-electron chi connectivity index (χ2n) is 3.65. The minimum absolute atomic E-state index is 0.0241. The zero-order valence-corrected chi connectivity index (χ0v) is 9.06. The number of hydrogen-bond acceptors (Lipinski definition) is 5. The maximum absolute atomic E-state index is 11.6. The number of aryl methyl sites for hydroxylation is 1. The number of hydrogen-bond donors (Lipinski definition) is 1. The van der Waals surface area contributed by atoms with Crippen LogP contribution in [0.1, 0.15) is 18.6 Å². The van der Waals surface area contributed by atoms with Gasteiger partial charge in [-0.3, -0.25) is 9.59 Å². The Morgan fingerprint density at radius 3 is 2.94 bits per heavy atom. The van der Waals surface area contributed by atoms with Crippen molar-refractivity contribution in [2.75, 3.05) is 6.54 Å². The van der Waals surface area contributed by atoms with Crippen LogP contribution in [-0.4, -0.2) is 39.4 Å². The molecule has 0 radical (unpaired) electrons. The first kappa shape index (κ1) is 10.6. The molecule has 16 heavy (non-hydrogen) atoms. The van der Waals surface area contributed by atoms with E-state index < -0.39 is 6.04 Å². The number of aromatic nitrogens is 2. The number of rotatable bonds is 2. The summed E-state index contributed by atoms with van der Waals surface area (Å²) in [5.41, 5.74) is 0. The Kier molecular flexibility index (Phi) is 2.59. The minimum atomic E-state index is -0.506. The molecule has 1 aliphatic rings. The number of nitrogens with one attached hydrogen (secondary N) is 1. The zero-order valence-electron chi connectivity index (χ0n) is 9.06. The van der Waals surface area contributed by atoms with Gasteiger partial charge in [0.2, 0.25) is 17.7 Å². The van der Waals surface area contributed by atoms with Crippen molar-refractivity contribution in [1.29, 1.82) is 0 Å². The van der Waals surface area contributed by atoms with Gasteiger partial charge < -0.3 is 14.7 Å². The van der Waals surface area contributed by atoms with Gasteiger partial charge in [-0.15, -0.1) is 0 Å². The van der Waals surface area contributed by atoms with Crippen LogP contribution in [0.4, 0.5) is 0 Å². The van der Waals surface area contributed by atoms with Crippen molar-refractivity contribution < 1.29 is 14.1 Å². The van der Waals surface area contributed by atoms with Gasteiger partial charge >= 0.3 is 0 Å². The van der Waals surface area contributed by atoms with Gasteiger partial charge in [-0.05, 0) is 13.8 Å². The molecule has 1 fully saturated rings. The number of amides is 2. The van der Waals surface area contributed by atoms with E-state index in [1.54, 1.807) is 13.8 Å². The van der Waals surface area contributed by atoms with Crippen molar-refractivity contribution in [2.24, 2.45) is 0 Å². The van der Waals surface area contributed by atoms with E-state index in [1.807, 2.05) is 0 Å². The fourth-order valence-electron chi connectivity index (χ4n) is 1.54. The van der Waals surface area contributed by atoms with Crippen LogP contribution in [0.3, 0.4) is 0 Å². The molecular weight excluding hydrogens is 212 g/mol. The second kappa shape index (κ2) is 3.92. The number of carbonyl (C=O) groups excluding carboxylic acids is 2. The molecule has 86 valence electrons. The van der Waals surface area contributed by atoms with E-state index in [1.165, 1.54) is 4.90 Å². The number of piperazine rings is 1. The minimum Gasteiger partial charge on any atom is -0.345 e. The summed E-state index contributed by atoms with van der Waals surface area (Å²) in [5, 5.41) is 6.13. The lowest BCUT2D eigenvalue weighted by atomic mass is 10.2. The molecule has 0 spiro atoms. The predicted molar refractivity (Wildman–Crippen MR) is 52.1 cm³/mol. The van der Waals surface area contributed by atoms with Gasteiger partial charge in [-0.2, -0.15) is 4.98 Å².